The summed E-state index contributed by atoms with van der Waals surface area (Å²) in [5, 5.41) is 3.49. The zero-order valence-corrected chi connectivity index (χ0v) is 13.4. The third-order valence-electron chi connectivity index (χ3n) is 4.48. The van der Waals surface area contributed by atoms with Crippen LogP contribution in [0.1, 0.15) is 27.0 Å². The molecule has 0 unspecified atom stereocenters. The van der Waals surface area contributed by atoms with E-state index in [1.165, 1.54) is 0 Å². The molecule has 0 fully saturated rings. The minimum absolute atomic E-state index is 0.127. The van der Waals surface area contributed by atoms with Gasteiger partial charge in [0.15, 0.2) is 0 Å². The second-order valence-corrected chi connectivity index (χ2v) is 6.44. The van der Waals surface area contributed by atoms with Crippen LogP contribution in [0.5, 0.6) is 0 Å². The first kappa shape index (κ1) is 14.3. The van der Waals surface area contributed by atoms with Crippen LogP contribution in [0.2, 0.25) is 5.02 Å². The highest BCUT2D eigenvalue weighted by molar-refractivity contribution is 6.31. The summed E-state index contributed by atoms with van der Waals surface area (Å²) in [4.78, 5) is 26.3. The van der Waals surface area contributed by atoms with E-state index in [1.54, 1.807) is 6.07 Å². The van der Waals surface area contributed by atoms with Gasteiger partial charge in [0.05, 0.1) is 12.1 Å². The summed E-state index contributed by atoms with van der Waals surface area (Å²) >= 11 is 6.09. The third-order valence-corrected chi connectivity index (χ3v) is 4.88. The Balaban J connectivity index is 1.64. The lowest BCUT2D eigenvalue weighted by Crippen LogP contribution is -2.24. The van der Waals surface area contributed by atoms with Crippen molar-refractivity contribution >= 4 is 34.8 Å². The molecule has 5 heteroatoms. The van der Waals surface area contributed by atoms with E-state index in [0.717, 1.165) is 35.3 Å². The van der Waals surface area contributed by atoms with Gasteiger partial charge in [0.2, 0.25) is 5.91 Å². The lowest BCUT2D eigenvalue weighted by atomic mass is 10.0. The number of hydrogen-bond acceptors (Lipinski definition) is 2. The van der Waals surface area contributed by atoms with Gasteiger partial charge in [0.1, 0.15) is 0 Å². The number of carbonyl (C=O) groups excluding carboxylic acids is 2. The van der Waals surface area contributed by atoms with Crippen molar-refractivity contribution in [2.75, 3.05) is 16.8 Å². The molecule has 0 aromatic heterocycles. The maximum Gasteiger partial charge on any atom is 0.255 e. The van der Waals surface area contributed by atoms with E-state index < -0.39 is 0 Å². The number of nitrogens with zero attached hydrogens (tertiary/aromatic N) is 1. The minimum Gasteiger partial charge on any atom is -0.322 e. The fraction of sp³-hybridized carbons (Fsp3) is 0.222. The van der Waals surface area contributed by atoms with Crippen LogP contribution in [0.15, 0.2) is 30.3 Å². The quantitative estimate of drug-likeness (QED) is 0.920. The Hall–Kier alpha value is -2.33. The number of nitrogens with one attached hydrogen (secondary N) is 1. The topological polar surface area (TPSA) is 49.4 Å². The number of rotatable bonds is 2. The number of aryl methyl sites for hydroxylation is 1. The molecule has 2 aromatic rings. The second-order valence-electron chi connectivity index (χ2n) is 6.03. The average Bonchev–Trinajstić information content (AvgIpc) is 3.08. The zero-order chi connectivity index (χ0) is 16.1. The maximum atomic E-state index is 12.5. The molecule has 2 heterocycles. The van der Waals surface area contributed by atoms with Gasteiger partial charge in [-0.05, 0) is 54.3 Å². The molecule has 4 rings (SSSR count). The summed E-state index contributed by atoms with van der Waals surface area (Å²) in [5.74, 6) is -0.0524. The molecule has 23 heavy (non-hydrogen) atoms. The van der Waals surface area contributed by atoms with Crippen LogP contribution in [0.3, 0.4) is 0 Å². The van der Waals surface area contributed by atoms with E-state index >= 15 is 0 Å². The number of amides is 2. The molecule has 0 atom stereocenters. The lowest BCUT2D eigenvalue weighted by molar-refractivity contribution is -0.117. The molecule has 2 amide bonds. The molecule has 4 nitrogen and oxygen atoms in total. The van der Waals surface area contributed by atoms with Gasteiger partial charge in [-0.15, -0.1) is 0 Å². The first-order chi connectivity index (χ1) is 11.0. The molecular weight excluding hydrogens is 312 g/mol. The molecule has 0 saturated heterocycles. The van der Waals surface area contributed by atoms with E-state index in [-0.39, 0.29) is 11.8 Å². The van der Waals surface area contributed by atoms with Crippen LogP contribution < -0.4 is 10.2 Å². The summed E-state index contributed by atoms with van der Waals surface area (Å²) in [6.07, 6.45) is 1.20. The molecule has 0 saturated carbocycles. The standard InChI is InChI=1S/C18H15ClN2O2/c1-10-2-3-14(9-15(10)19)20-18(23)13-6-11-4-5-21-16(22)8-12(7-13)17(11)21/h2-3,6-7,9H,4-5,8H2,1H3,(H,20,23). The molecule has 0 radical (unpaired) electrons. The van der Waals surface area contributed by atoms with Crippen molar-refractivity contribution in [1.29, 1.82) is 0 Å². The van der Waals surface area contributed by atoms with Gasteiger partial charge in [0, 0.05) is 22.8 Å². The van der Waals surface area contributed by atoms with Crippen molar-refractivity contribution in [3.63, 3.8) is 0 Å². The number of benzene rings is 2. The molecular formula is C18H15ClN2O2. The molecule has 1 N–H and O–H groups in total. The maximum absolute atomic E-state index is 12.5. The Labute approximate surface area is 139 Å². The fourth-order valence-corrected chi connectivity index (χ4v) is 3.47. The van der Waals surface area contributed by atoms with Crippen molar-refractivity contribution in [3.8, 4) is 0 Å². The summed E-state index contributed by atoms with van der Waals surface area (Å²) in [6.45, 7) is 2.64. The van der Waals surface area contributed by atoms with Gasteiger partial charge >= 0.3 is 0 Å². The van der Waals surface area contributed by atoms with Crippen molar-refractivity contribution < 1.29 is 9.59 Å². The van der Waals surface area contributed by atoms with Gasteiger partial charge in [-0.3, -0.25) is 9.59 Å². The Morgan fingerprint density at radius 3 is 2.78 bits per heavy atom. The van der Waals surface area contributed by atoms with E-state index in [2.05, 4.69) is 5.32 Å². The Morgan fingerprint density at radius 2 is 2.00 bits per heavy atom. The van der Waals surface area contributed by atoms with Gasteiger partial charge in [-0.1, -0.05) is 17.7 Å². The molecule has 116 valence electrons. The fourth-order valence-electron chi connectivity index (χ4n) is 3.29. The molecule has 2 aliphatic rings. The van der Waals surface area contributed by atoms with Crippen LogP contribution in [0.25, 0.3) is 0 Å². The largest absolute Gasteiger partial charge is 0.322 e. The second kappa shape index (κ2) is 5.10. The lowest BCUT2D eigenvalue weighted by Gasteiger charge is -2.11. The Bertz CT molecular complexity index is 860. The smallest absolute Gasteiger partial charge is 0.255 e. The number of halogens is 1. The summed E-state index contributed by atoms with van der Waals surface area (Å²) in [6, 6.07) is 9.16. The highest BCUT2D eigenvalue weighted by atomic mass is 35.5. The first-order valence-corrected chi connectivity index (χ1v) is 7.94. The molecule has 0 bridgehead atoms. The number of hydrogen-bond donors (Lipinski definition) is 1. The summed E-state index contributed by atoms with van der Waals surface area (Å²) < 4.78 is 0. The normalized spacial score (nSPS) is 15.0. The van der Waals surface area contributed by atoms with Crippen LogP contribution in [-0.2, 0) is 17.6 Å². The van der Waals surface area contributed by atoms with Crippen molar-refractivity contribution in [1.82, 2.24) is 0 Å². The van der Waals surface area contributed by atoms with Gasteiger partial charge < -0.3 is 10.2 Å². The van der Waals surface area contributed by atoms with Gasteiger partial charge in [-0.25, -0.2) is 0 Å². The van der Waals surface area contributed by atoms with E-state index in [4.69, 9.17) is 11.6 Å². The minimum atomic E-state index is -0.179. The highest BCUT2D eigenvalue weighted by Gasteiger charge is 2.34. The zero-order valence-electron chi connectivity index (χ0n) is 12.6. The predicted molar refractivity (Wildman–Crippen MR) is 90.3 cm³/mol. The predicted octanol–water partition coefficient (Wildman–Crippen LogP) is 3.35. The molecule has 0 spiro atoms. The van der Waals surface area contributed by atoms with Gasteiger partial charge in [-0.2, -0.15) is 0 Å². The number of anilines is 2. The Morgan fingerprint density at radius 1 is 1.22 bits per heavy atom. The van der Waals surface area contributed by atoms with Crippen molar-refractivity contribution in [3.05, 3.63) is 57.6 Å². The molecule has 2 aliphatic heterocycles. The van der Waals surface area contributed by atoms with Crippen LogP contribution in [-0.4, -0.2) is 18.4 Å². The number of carbonyl (C=O) groups is 2. The van der Waals surface area contributed by atoms with Crippen LogP contribution in [0, 0.1) is 6.92 Å². The molecule has 2 aromatic carbocycles. The van der Waals surface area contributed by atoms with Crippen LogP contribution >= 0.6 is 11.6 Å². The molecule has 0 aliphatic carbocycles. The van der Waals surface area contributed by atoms with E-state index in [1.807, 2.05) is 36.1 Å². The Kier molecular flexibility index (Phi) is 3.16. The van der Waals surface area contributed by atoms with E-state index in [9.17, 15) is 9.59 Å². The summed E-state index contributed by atoms with van der Waals surface area (Å²) in [5.41, 5.74) is 5.28. The van der Waals surface area contributed by atoms with Gasteiger partial charge in [0.25, 0.3) is 5.91 Å². The SMILES string of the molecule is Cc1ccc(NC(=O)c2cc3c4c(c2)CC(=O)N4CC3)cc1Cl. The highest BCUT2D eigenvalue weighted by Crippen LogP contribution is 2.38. The van der Waals surface area contributed by atoms with Crippen molar-refractivity contribution in [2.24, 2.45) is 0 Å². The average molecular weight is 327 g/mol. The first-order valence-electron chi connectivity index (χ1n) is 7.56. The van der Waals surface area contributed by atoms with Crippen LogP contribution in [0.4, 0.5) is 11.4 Å². The van der Waals surface area contributed by atoms with Crippen molar-refractivity contribution in [2.45, 2.75) is 19.8 Å². The van der Waals surface area contributed by atoms with E-state index in [0.29, 0.717) is 22.7 Å². The summed E-state index contributed by atoms with van der Waals surface area (Å²) in [7, 11) is 0. The monoisotopic (exact) mass is 326 g/mol. The third kappa shape index (κ3) is 2.30.